The van der Waals surface area contributed by atoms with Crippen molar-refractivity contribution in [1.82, 2.24) is 20.0 Å². The largest absolute Gasteiger partial charge is 0.339 e. The minimum absolute atomic E-state index is 0.0794. The molecule has 0 saturated carbocycles. The third-order valence-corrected chi connectivity index (χ3v) is 5.33. The minimum atomic E-state index is -0.0794. The van der Waals surface area contributed by atoms with Crippen molar-refractivity contribution in [3.63, 3.8) is 0 Å². The van der Waals surface area contributed by atoms with Crippen LogP contribution in [-0.4, -0.2) is 38.2 Å². The number of amides is 1. The number of aromatic nitrogens is 3. The van der Waals surface area contributed by atoms with Gasteiger partial charge in [0, 0.05) is 29.8 Å². The first-order valence-electron chi connectivity index (χ1n) is 8.81. The van der Waals surface area contributed by atoms with Crippen molar-refractivity contribution in [3.05, 3.63) is 36.2 Å². The molecule has 0 radical (unpaired) electrons. The van der Waals surface area contributed by atoms with Gasteiger partial charge in [0.2, 0.25) is 11.8 Å². The van der Waals surface area contributed by atoms with Crippen LogP contribution in [0.25, 0.3) is 0 Å². The molecule has 0 bridgehead atoms. The number of carbonyl (C=O) groups excluding carboxylic acids is 1. The molecule has 134 valence electrons. The topological polar surface area (TPSA) is 72.1 Å². The summed E-state index contributed by atoms with van der Waals surface area (Å²) in [5.41, 5.74) is 0. The van der Waals surface area contributed by atoms with E-state index in [1.54, 1.807) is 24.2 Å². The fourth-order valence-electron chi connectivity index (χ4n) is 2.95. The molecular weight excluding hydrogens is 336 g/mol. The van der Waals surface area contributed by atoms with Crippen LogP contribution < -0.4 is 0 Å². The number of nitrogens with zero attached hydrogens (tertiary/aromatic N) is 4. The summed E-state index contributed by atoms with van der Waals surface area (Å²) in [6.07, 6.45) is 7.62. The van der Waals surface area contributed by atoms with Gasteiger partial charge in [-0.3, -0.25) is 9.78 Å². The quantitative estimate of drug-likeness (QED) is 0.755. The van der Waals surface area contributed by atoms with E-state index in [9.17, 15) is 4.79 Å². The van der Waals surface area contributed by atoms with Crippen molar-refractivity contribution >= 4 is 17.7 Å². The molecule has 1 fully saturated rings. The number of rotatable bonds is 5. The molecular formula is C18H24N4O2S. The lowest BCUT2D eigenvalue weighted by atomic mass is 10.1. The SMILES string of the molecule is CC(C)c1nc(C2CCCCCN2C(=O)CSc2ccncc2)no1. The highest BCUT2D eigenvalue weighted by Crippen LogP contribution is 2.30. The molecule has 0 aromatic carbocycles. The van der Waals surface area contributed by atoms with Gasteiger partial charge in [0.05, 0.1) is 11.8 Å². The van der Waals surface area contributed by atoms with Crippen LogP contribution in [0.1, 0.15) is 63.2 Å². The van der Waals surface area contributed by atoms with Gasteiger partial charge in [-0.25, -0.2) is 0 Å². The Bertz CT molecular complexity index is 689. The molecule has 2 aromatic heterocycles. The Morgan fingerprint density at radius 3 is 2.84 bits per heavy atom. The van der Waals surface area contributed by atoms with E-state index in [1.165, 1.54) is 0 Å². The number of thioether (sulfide) groups is 1. The predicted molar refractivity (Wildman–Crippen MR) is 96.3 cm³/mol. The second-order valence-corrected chi connectivity index (χ2v) is 7.62. The summed E-state index contributed by atoms with van der Waals surface area (Å²) in [4.78, 5) is 24.4. The summed E-state index contributed by atoms with van der Waals surface area (Å²) in [7, 11) is 0. The second-order valence-electron chi connectivity index (χ2n) is 6.57. The maximum atomic E-state index is 12.9. The lowest BCUT2D eigenvalue weighted by Gasteiger charge is -2.27. The Morgan fingerprint density at radius 1 is 1.32 bits per heavy atom. The Balaban J connectivity index is 1.71. The molecule has 7 heteroatoms. The molecule has 1 amide bonds. The molecule has 1 atom stereocenters. The zero-order chi connectivity index (χ0) is 17.6. The summed E-state index contributed by atoms with van der Waals surface area (Å²) < 4.78 is 5.37. The van der Waals surface area contributed by atoms with Crippen molar-refractivity contribution in [1.29, 1.82) is 0 Å². The van der Waals surface area contributed by atoms with Gasteiger partial charge in [-0.15, -0.1) is 11.8 Å². The molecule has 3 heterocycles. The number of likely N-dealkylation sites (tertiary alicyclic amines) is 1. The lowest BCUT2D eigenvalue weighted by molar-refractivity contribution is -0.130. The normalized spacial score (nSPS) is 18.4. The first kappa shape index (κ1) is 17.9. The molecule has 0 aliphatic carbocycles. The predicted octanol–water partition coefficient (Wildman–Crippen LogP) is 3.82. The summed E-state index contributed by atoms with van der Waals surface area (Å²) in [6.45, 7) is 4.81. The van der Waals surface area contributed by atoms with Crippen LogP contribution >= 0.6 is 11.8 Å². The molecule has 6 nitrogen and oxygen atoms in total. The molecule has 1 saturated heterocycles. The van der Waals surface area contributed by atoms with Gasteiger partial charge in [0.25, 0.3) is 0 Å². The first-order valence-corrected chi connectivity index (χ1v) is 9.79. The molecule has 0 N–H and O–H groups in total. The molecule has 3 rings (SSSR count). The fourth-order valence-corrected chi connectivity index (χ4v) is 3.72. The highest BCUT2D eigenvalue weighted by atomic mass is 32.2. The van der Waals surface area contributed by atoms with Gasteiger partial charge in [-0.1, -0.05) is 31.8 Å². The Morgan fingerprint density at radius 2 is 2.12 bits per heavy atom. The van der Waals surface area contributed by atoms with Crippen molar-refractivity contribution in [3.8, 4) is 0 Å². The van der Waals surface area contributed by atoms with Crippen LogP contribution in [0.4, 0.5) is 0 Å². The smallest absolute Gasteiger partial charge is 0.233 e. The number of carbonyl (C=O) groups is 1. The molecule has 0 spiro atoms. The molecule has 1 aliphatic heterocycles. The maximum absolute atomic E-state index is 12.9. The van der Waals surface area contributed by atoms with E-state index >= 15 is 0 Å². The number of hydrogen-bond acceptors (Lipinski definition) is 6. The number of pyridine rings is 1. The average molecular weight is 360 g/mol. The highest BCUT2D eigenvalue weighted by Gasteiger charge is 2.30. The van der Waals surface area contributed by atoms with Crippen LogP contribution in [0.5, 0.6) is 0 Å². The van der Waals surface area contributed by atoms with Crippen LogP contribution in [0.3, 0.4) is 0 Å². The van der Waals surface area contributed by atoms with Crippen molar-refractivity contribution in [2.45, 2.75) is 56.4 Å². The zero-order valence-electron chi connectivity index (χ0n) is 14.7. The van der Waals surface area contributed by atoms with Gasteiger partial charge in [-0.05, 0) is 25.0 Å². The van der Waals surface area contributed by atoms with Crippen LogP contribution in [-0.2, 0) is 4.79 Å². The van der Waals surface area contributed by atoms with Gasteiger partial charge >= 0.3 is 0 Å². The van der Waals surface area contributed by atoms with Crippen molar-refractivity contribution < 1.29 is 9.32 Å². The standard InChI is InChI=1S/C18H24N4O2S/c1-13(2)18-20-17(21-24-18)15-6-4-3-5-11-22(15)16(23)12-25-14-7-9-19-10-8-14/h7-10,13,15H,3-6,11-12H2,1-2H3. The van der Waals surface area contributed by atoms with Crippen LogP contribution in [0.15, 0.2) is 33.9 Å². The van der Waals surface area contributed by atoms with Crippen molar-refractivity contribution in [2.75, 3.05) is 12.3 Å². The van der Waals surface area contributed by atoms with Crippen molar-refractivity contribution in [2.24, 2.45) is 0 Å². The van der Waals surface area contributed by atoms with Crippen LogP contribution in [0, 0.1) is 0 Å². The third kappa shape index (κ3) is 4.60. The minimum Gasteiger partial charge on any atom is -0.339 e. The third-order valence-electron chi connectivity index (χ3n) is 4.33. The van der Waals surface area contributed by atoms with E-state index in [0.29, 0.717) is 17.5 Å². The zero-order valence-corrected chi connectivity index (χ0v) is 15.5. The summed E-state index contributed by atoms with van der Waals surface area (Å²) >= 11 is 1.54. The van der Waals surface area contributed by atoms with Gasteiger partial charge < -0.3 is 9.42 Å². The Kier molecular flexibility index (Phi) is 6.07. The summed E-state index contributed by atoms with van der Waals surface area (Å²) in [5.74, 6) is 2.02. The summed E-state index contributed by atoms with van der Waals surface area (Å²) in [5, 5.41) is 4.16. The molecule has 1 unspecified atom stereocenters. The average Bonchev–Trinajstić information content (AvgIpc) is 2.99. The lowest BCUT2D eigenvalue weighted by Crippen LogP contribution is -2.36. The molecule has 2 aromatic rings. The van der Waals surface area contributed by atoms with E-state index in [-0.39, 0.29) is 17.9 Å². The van der Waals surface area contributed by atoms with Crippen LogP contribution in [0.2, 0.25) is 0 Å². The van der Waals surface area contributed by atoms with E-state index in [1.807, 2.05) is 30.9 Å². The Hall–Kier alpha value is -1.89. The fraction of sp³-hybridized carbons (Fsp3) is 0.556. The van der Waals surface area contributed by atoms with Gasteiger partial charge in [0.15, 0.2) is 5.82 Å². The number of hydrogen-bond donors (Lipinski definition) is 0. The molecule has 25 heavy (non-hydrogen) atoms. The highest BCUT2D eigenvalue weighted by molar-refractivity contribution is 8.00. The van der Waals surface area contributed by atoms with Gasteiger partial charge in [0.1, 0.15) is 0 Å². The van der Waals surface area contributed by atoms with E-state index < -0.39 is 0 Å². The first-order chi connectivity index (χ1) is 12.1. The van der Waals surface area contributed by atoms with E-state index in [0.717, 1.165) is 37.1 Å². The molecule has 1 aliphatic rings. The monoisotopic (exact) mass is 360 g/mol. The Labute approximate surface area is 152 Å². The van der Waals surface area contributed by atoms with E-state index in [2.05, 4.69) is 15.1 Å². The van der Waals surface area contributed by atoms with E-state index in [4.69, 9.17) is 4.52 Å². The van der Waals surface area contributed by atoms with Gasteiger partial charge in [-0.2, -0.15) is 4.98 Å². The summed E-state index contributed by atoms with van der Waals surface area (Å²) in [6, 6.07) is 3.77. The second kappa shape index (κ2) is 8.47. The maximum Gasteiger partial charge on any atom is 0.233 e.